The van der Waals surface area contributed by atoms with Crippen molar-refractivity contribution in [3.63, 3.8) is 0 Å². The van der Waals surface area contributed by atoms with Crippen LogP contribution in [0.3, 0.4) is 0 Å². The third kappa shape index (κ3) is 10.9. The maximum Gasteiger partial charge on any atom is 0.329 e. The fourth-order valence-corrected chi connectivity index (χ4v) is 6.94. The van der Waals surface area contributed by atoms with Gasteiger partial charge in [-0.05, 0) is 62.8 Å². The Labute approximate surface area is 324 Å². The summed E-state index contributed by atoms with van der Waals surface area (Å²) in [6.45, 7) is 13.3. The second kappa shape index (κ2) is 19.4. The monoisotopic (exact) mass is 759 g/mol. The highest BCUT2D eigenvalue weighted by Gasteiger charge is 2.42. The Hall–Kier alpha value is -5.20. The Kier molecular flexibility index (Phi) is 15.0. The fraction of sp³-hybridized carbons (Fsp3) is 0.524. The minimum atomic E-state index is -1.29. The van der Waals surface area contributed by atoms with E-state index in [1.54, 1.807) is 24.3 Å². The van der Waals surface area contributed by atoms with Gasteiger partial charge in [0.2, 0.25) is 23.6 Å². The highest BCUT2D eigenvalue weighted by molar-refractivity contribution is 5.97. The van der Waals surface area contributed by atoms with Crippen molar-refractivity contribution in [3.05, 3.63) is 77.9 Å². The Morgan fingerprint density at radius 1 is 0.873 bits per heavy atom. The Balaban J connectivity index is 1.72. The van der Waals surface area contributed by atoms with Crippen LogP contribution < -0.4 is 15.4 Å². The van der Waals surface area contributed by atoms with Crippen molar-refractivity contribution in [1.29, 1.82) is 0 Å². The van der Waals surface area contributed by atoms with Crippen LogP contribution in [0, 0.1) is 5.92 Å². The molecule has 0 aliphatic carbocycles. The van der Waals surface area contributed by atoms with Crippen molar-refractivity contribution in [2.45, 2.75) is 109 Å². The summed E-state index contributed by atoms with van der Waals surface area (Å²) in [5, 5.41) is 5.67. The van der Waals surface area contributed by atoms with Gasteiger partial charge in [0.05, 0.1) is 6.61 Å². The molecule has 13 heteroatoms. The Morgan fingerprint density at radius 3 is 2.16 bits per heavy atom. The largest absolute Gasteiger partial charge is 0.493 e. The third-order valence-electron chi connectivity index (χ3n) is 10.6. The Bertz CT molecular complexity index is 1700. The van der Waals surface area contributed by atoms with E-state index in [0.29, 0.717) is 43.6 Å². The molecule has 2 aliphatic heterocycles. The van der Waals surface area contributed by atoms with Crippen LogP contribution in [0.2, 0.25) is 0 Å². The summed E-state index contributed by atoms with van der Waals surface area (Å²) in [5.41, 5.74) is 2.45. The molecule has 13 nitrogen and oxygen atoms in total. The van der Waals surface area contributed by atoms with E-state index in [9.17, 15) is 28.8 Å². The number of nitrogens with one attached hydrogen (secondary N) is 2. The van der Waals surface area contributed by atoms with E-state index in [1.807, 2.05) is 51.1 Å². The van der Waals surface area contributed by atoms with E-state index in [1.165, 1.54) is 42.6 Å². The molecule has 0 bridgehead atoms. The zero-order valence-electron chi connectivity index (χ0n) is 33.2. The second-order valence-corrected chi connectivity index (χ2v) is 14.9. The summed E-state index contributed by atoms with van der Waals surface area (Å²) >= 11 is 0. The zero-order valence-corrected chi connectivity index (χ0v) is 33.2. The number of benzene rings is 2. The molecule has 2 saturated heterocycles. The van der Waals surface area contributed by atoms with Crippen LogP contribution in [0.1, 0.15) is 71.4 Å². The molecule has 5 amide bonds. The lowest BCUT2D eigenvalue weighted by molar-refractivity contribution is -0.166. The number of hydrogen-bond acceptors (Lipinski definition) is 8. The quantitative estimate of drug-likeness (QED) is 0.276. The number of fused-ring (bicyclic) bond motifs is 1. The third-order valence-corrected chi connectivity index (χ3v) is 10.6. The normalized spacial score (nSPS) is 25.3. The number of ether oxygens (including phenoxy) is 2. The van der Waals surface area contributed by atoms with Crippen LogP contribution in [-0.4, -0.2) is 114 Å². The summed E-state index contributed by atoms with van der Waals surface area (Å²) in [4.78, 5) is 88.1. The minimum Gasteiger partial charge on any atom is -0.493 e. The number of likely N-dealkylation sites (N-methyl/N-ethyl adjacent to an activating group) is 2. The maximum absolute atomic E-state index is 14.4. The molecule has 55 heavy (non-hydrogen) atoms. The molecular weight excluding hydrogens is 702 g/mol. The van der Waals surface area contributed by atoms with Gasteiger partial charge in [-0.25, -0.2) is 4.79 Å². The van der Waals surface area contributed by atoms with Gasteiger partial charge in [0.1, 0.15) is 36.0 Å². The predicted octanol–water partition coefficient (Wildman–Crippen LogP) is 3.44. The van der Waals surface area contributed by atoms with Gasteiger partial charge in [0, 0.05) is 39.9 Å². The van der Waals surface area contributed by atoms with Gasteiger partial charge < -0.3 is 34.8 Å². The molecule has 2 aromatic carbocycles. The highest BCUT2D eigenvalue weighted by atomic mass is 16.6. The van der Waals surface area contributed by atoms with Gasteiger partial charge in [0.15, 0.2) is 6.10 Å². The number of amides is 5. The number of hydrogen-bond donors (Lipinski definition) is 2. The second-order valence-electron chi connectivity index (χ2n) is 14.9. The van der Waals surface area contributed by atoms with Crippen molar-refractivity contribution in [3.8, 4) is 5.75 Å². The molecule has 2 aliphatic rings. The average Bonchev–Trinajstić information content (AvgIpc) is 3.67. The minimum absolute atomic E-state index is 0.0445. The van der Waals surface area contributed by atoms with Crippen LogP contribution in [-0.2, 0) is 46.3 Å². The first kappa shape index (κ1) is 42.5. The SMILES string of the molecule is C=C(C)CCOc1ccc(C[C@@H]2NC(=O)[C@H]([C@@H](C)CC)N(C)C(=O)[C@H](C)NC(=O)[C@@H]3CCCN3C(=O)C(Cc3ccccc3)OC(=O)[C@H](C)N(C)C2=O)cc1. The van der Waals surface area contributed by atoms with E-state index >= 15 is 0 Å². The number of esters is 1. The van der Waals surface area contributed by atoms with Gasteiger partial charge in [-0.15, -0.1) is 6.58 Å². The summed E-state index contributed by atoms with van der Waals surface area (Å²) in [7, 11) is 2.95. The average molecular weight is 760 g/mol. The fourth-order valence-electron chi connectivity index (χ4n) is 6.94. The van der Waals surface area contributed by atoms with E-state index in [2.05, 4.69) is 17.2 Å². The molecule has 2 aromatic rings. The van der Waals surface area contributed by atoms with Crippen LogP contribution >= 0.6 is 0 Å². The van der Waals surface area contributed by atoms with Gasteiger partial charge in [-0.3, -0.25) is 24.0 Å². The lowest BCUT2D eigenvalue weighted by Gasteiger charge is -2.36. The number of carbonyl (C=O) groups is 6. The molecule has 0 aromatic heterocycles. The molecule has 0 saturated carbocycles. The number of nitrogens with zero attached hydrogens (tertiary/aromatic N) is 3. The standard InChI is InChI=1S/C42H57N5O8/c1-9-27(4)36-38(49)44-33(24-31-17-19-32(20-18-31)54-23-21-26(2)3)40(51)45(7)29(6)42(53)55-35(25-30-14-11-10-12-15-30)41(52)47-22-13-16-34(47)37(48)43-28(5)39(50)46(36)8/h10-12,14-15,17-20,27-29,33-36H,2,9,13,16,21-25H2,1,3-8H3,(H,43,48)(H,44,49)/t27-,28-,29-,33-,34-,35?,36-/m0/s1. The highest BCUT2D eigenvalue weighted by Crippen LogP contribution is 2.23. The molecule has 0 radical (unpaired) electrons. The number of carbonyl (C=O) groups excluding carboxylic acids is 6. The van der Waals surface area contributed by atoms with E-state index in [-0.39, 0.29) is 25.3 Å². The van der Waals surface area contributed by atoms with E-state index in [0.717, 1.165) is 11.1 Å². The summed E-state index contributed by atoms with van der Waals surface area (Å²) in [6.07, 6.45) is 0.951. The summed E-state index contributed by atoms with van der Waals surface area (Å²) < 4.78 is 11.7. The molecule has 1 unspecified atom stereocenters. The summed E-state index contributed by atoms with van der Waals surface area (Å²) in [5.74, 6) is -3.18. The topological polar surface area (TPSA) is 155 Å². The zero-order chi connectivity index (χ0) is 40.4. The lowest BCUT2D eigenvalue weighted by Crippen LogP contribution is -2.60. The first-order valence-corrected chi connectivity index (χ1v) is 19.2. The van der Waals surface area contributed by atoms with Crippen LogP contribution in [0.5, 0.6) is 5.75 Å². The van der Waals surface area contributed by atoms with Crippen molar-refractivity contribution >= 4 is 35.5 Å². The molecule has 2 heterocycles. The molecule has 2 fully saturated rings. The van der Waals surface area contributed by atoms with Crippen molar-refractivity contribution in [2.24, 2.45) is 5.92 Å². The van der Waals surface area contributed by atoms with Crippen LogP contribution in [0.25, 0.3) is 0 Å². The molecule has 2 N–H and O–H groups in total. The molecular formula is C42H57N5O8. The molecule has 298 valence electrons. The van der Waals surface area contributed by atoms with Crippen molar-refractivity contribution < 1.29 is 38.2 Å². The molecule has 4 rings (SSSR count). The van der Waals surface area contributed by atoms with Crippen LogP contribution in [0.15, 0.2) is 66.7 Å². The van der Waals surface area contributed by atoms with Crippen molar-refractivity contribution in [1.82, 2.24) is 25.3 Å². The van der Waals surface area contributed by atoms with Crippen LogP contribution in [0.4, 0.5) is 0 Å². The van der Waals surface area contributed by atoms with Gasteiger partial charge >= 0.3 is 5.97 Å². The number of cyclic esters (lactones) is 1. The van der Waals surface area contributed by atoms with E-state index < -0.39 is 71.8 Å². The van der Waals surface area contributed by atoms with Crippen molar-refractivity contribution in [2.75, 3.05) is 27.2 Å². The van der Waals surface area contributed by atoms with Gasteiger partial charge in [-0.1, -0.05) is 68.3 Å². The summed E-state index contributed by atoms with van der Waals surface area (Å²) in [6, 6.07) is 11.0. The van der Waals surface area contributed by atoms with Gasteiger partial charge in [0.25, 0.3) is 5.91 Å². The molecule has 0 spiro atoms. The smallest absolute Gasteiger partial charge is 0.329 e. The molecule has 7 atom stereocenters. The first-order chi connectivity index (χ1) is 26.1. The predicted molar refractivity (Wildman–Crippen MR) is 208 cm³/mol. The lowest BCUT2D eigenvalue weighted by atomic mass is 9.95. The van der Waals surface area contributed by atoms with E-state index in [4.69, 9.17) is 9.47 Å². The maximum atomic E-state index is 14.4. The Morgan fingerprint density at radius 2 is 1.53 bits per heavy atom. The first-order valence-electron chi connectivity index (χ1n) is 19.2. The van der Waals surface area contributed by atoms with Gasteiger partial charge in [-0.2, -0.15) is 0 Å². The number of rotatable bonds is 10.